The summed E-state index contributed by atoms with van der Waals surface area (Å²) in [5.41, 5.74) is 0. The third-order valence-electron chi connectivity index (χ3n) is 2.99. The first-order valence-corrected chi connectivity index (χ1v) is 5.68. The van der Waals surface area contributed by atoms with Gasteiger partial charge >= 0.3 is 0 Å². The molecule has 2 rings (SSSR count). The summed E-state index contributed by atoms with van der Waals surface area (Å²) in [5, 5.41) is 3.41. The van der Waals surface area contributed by atoms with Crippen LogP contribution in [0.25, 0.3) is 0 Å². The van der Waals surface area contributed by atoms with Gasteiger partial charge in [-0.15, -0.1) is 0 Å². The zero-order valence-corrected chi connectivity index (χ0v) is 9.82. The lowest BCUT2D eigenvalue weighted by Crippen LogP contribution is -2.46. The minimum atomic E-state index is 0.242. The average Bonchev–Trinajstić information content (AvgIpc) is 2.66. The van der Waals surface area contributed by atoms with E-state index in [0.717, 1.165) is 31.0 Å². The van der Waals surface area contributed by atoms with Crippen molar-refractivity contribution in [1.29, 1.82) is 0 Å². The maximum atomic E-state index is 11.3. The van der Waals surface area contributed by atoms with Crippen LogP contribution in [0, 0.1) is 6.92 Å². The van der Waals surface area contributed by atoms with E-state index in [1.54, 1.807) is 4.90 Å². The number of amides is 1. The molecule has 16 heavy (non-hydrogen) atoms. The summed E-state index contributed by atoms with van der Waals surface area (Å²) in [5.74, 6) is 2.14. The number of hydrogen-bond donors (Lipinski definition) is 1. The monoisotopic (exact) mass is 222 g/mol. The second kappa shape index (κ2) is 4.70. The largest absolute Gasteiger partial charge is 0.465 e. The van der Waals surface area contributed by atoms with Crippen molar-refractivity contribution in [1.82, 2.24) is 10.2 Å². The first-order valence-electron chi connectivity index (χ1n) is 5.68. The van der Waals surface area contributed by atoms with Crippen LogP contribution >= 0.6 is 0 Å². The summed E-state index contributed by atoms with van der Waals surface area (Å²) in [7, 11) is 1.85. The third kappa shape index (κ3) is 2.64. The van der Waals surface area contributed by atoms with Gasteiger partial charge in [-0.3, -0.25) is 4.79 Å². The van der Waals surface area contributed by atoms with Gasteiger partial charge in [-0.1, -0.05) is 0 Å². The van der Waals surface area contributed by atoms with E-state index < -0.39 is 0 Å². The van der Waals surface area contributed by atoms with Crippen molar-refractivity contribution >= 4 is 5.91 Å². The van der Waals surface area contributed by atoms with Crippen LogP contribution in [0.1, 0.15) is 24.4 Å². The van der Waals surface area contributed by atoms with E-state index in [1.165, 1.54) is 0 Å². The van der Waals surface area contributed by atoms with Gasteiger partial charge in [0.2, 0.25) is 5.91 Å². The number of hydrogen-bond acceptors (Lipinski definition) is 3. The Labute approximate surface area is 95.6 Å². The molecule has 4 nitrogen and oxygen atoms in total. The summed E-state index contributed by atoms with van der Waals surface area (Å²) in [6, 6.07) is 4.33. The molecule has 1 aliphatic heterocycles. The fraction of sp³-hybridized carbons (Fsp3) is 0.583. The van der Waals surface area contributed by atoms with E-state index in [9.17, 15) is 4.79 Å². The van der Waals surface area contributed by atoms with E-state index in [1.807, 2.05) is 26.1 Å². The first-order chi connectivity index (χ1) is 7.65. The molecule has 1 amide bonds. The molecular weight excluding hydrogens is 204 g/mol. The van der Waals surface area contributed by atoms with Crippen LogP contribution in [0.4, 0.5) is 0 Å². The molecule has 2 heterocycles. The summed E-state index contributed by atoms with van der Waals surface area (Å²) in [6.07, 6.45) is 1.56. The number of furan rings is 1. The van der Waals surface area contributed by atoms with E-state index in [-0.39, 0.29) is 5.91 Å². The number of aryl methyl sites for hydroxylation is 1. The zero-order valence-electron chi connectivity index (χ0n) is 9.82. The van der Waals surface area contributed by atoms with Crippen molar-refractivity contribution in [3.05, 3.63) is 23.7 Å². The molecule has 1 aliphatic rings. The molecule has 0 aromatic carbocycles. The highest BCUT2D eigenvalue weighted by atomic mass is 16.3. The summed E-state index contributed by atoms with van der Waals surface area (Å²) < 4.78 is 5.48. The van der Waals surface area contributed by atoms with E-state index >= 15 is 0 Å². The third-order valence-corrected chi connectivity index (χ3v) is 2.99. The van der Waals surface area contributed by atoms with Crippen molar-refractivity contribution in [2.24, 2.45) is 0 Å². The Kier molecular flexibility index (Phi) is 3.29. The molecule has 0 radical (unpaired) electrons. The van der Waals surface area contributed by atoms with Crippen molar-refractivity contribution < 1.29 is 9.21 Å². The molecule has 1 aromatic heterocycles. The Morgan fingerprint density at radius 3 is 3.00 bits per heavy atom. The Morgan fingerprint density at radius 2 is 2.38 bits per heavy atom. The van der Waals surface area contributed by atoms with Crippen molar-refractivity contribution in [3.8, 4) is 0 Å². The van der Waals surface area contributed by atoms with Crippen molar-refractivity contribution in [3.63, 3.8) is 0 Å². The van der Waals surface area contributed by atoms with E-state index in [2.05, 4.69) is 5.32 Å². The molecule has 1 saturated heterocycles. The first kappa shape index (κ1) is 11.2. The van der Waals surface area contributed by atoms with Gasteiger partial charge < -0.3 is 14.6 Å². The van der Waals surface area contributed by atoms with Gasteiger partial charge in [-0.05, 0) is 25.5 Å². The van der Waals surface area contributed by atoms with E-state index in [4.69, 9.17) is 4.42 Å². The summed E-state index contributed by atoms with van der Waals surface area (Å²) in [6.45, 7) is 3.47. The molecule has 1 aromatic rings. The van der Waals surface area contributed by atoms with Crippen LogP contribution in [0.3, 0.4) is 0 Å². The lowest BCUT2D eigenvalue weighted by Gasteiger charge is -2.30. The van der Waals surface area contributed by atoms with Gasteiger partial charge in [-0.25, -0.2) is 0 Å². The predicted octanol–water partition coefficient (Wildman–Crippen LogP) is 1.30. The van der Waals surface area contributed by atoms with Crippen LogP contribution in [-0.2, 0) is 11.3 Å². The molecule has 0 aliphatic carbocycles. The number of rotatable bonds is 3. The molecular formula is C12H18N2O2. The zero-order chi connectivity index (χ0) is 11.5. The second-order valence-electron chi connectivity index (χ2n) is 4.40. The predicted molar refractivity (Wildman–Crippen MR) is 60.9 cm³/mol. The lowest BCUT2D eigenvalue weighted by molar-refractivity contribution is -0.132. The number of piperidine rings is 1. The standard InChI is InChI=1S/C12H18N2O2/c1-9-3-5-11(16-9)7-13-10-4-6-12(15)14(2)8-10/h3,5,10,13H,4,6-8H2,1-2H3. The van der Waals surface area contributed by atoms with Crippen LogP contribution in [0.15, 0.2) is 16.5 Å². The number of carbonyl (C=O) groups excluding carboxylic acids is 1. The van der Waals surface area contributed by atoms with Gasteiger partial charge in [0.25, 0.3) is 0 Å². The van der Waals surface area contributed by atoms with Gasteiger partial charge in [-0.2, -0.15) is 0 Å². The Bertz CT molecular complexity index is 373. The molecule has 88 valence electrons. The molecule has 1 atom stereocenters. The molecule has 0 saturated carbocycles. The van der Waals surface area contributed by atoms with Gasteiger partial charge in [0.1, 0.15) is 11.5 Å². The SMILES string of the molecule is Cc1ccc(CNC2CCC(=O)N(C)C2)o1. The molecule has 1 N–H and O–H groups in total. The highest BCUT2D eigenvalue weighted by molar-refractivity contribution is 5.76. The fourth-order valence-corrected chi connectivity index (χ4v) is 2.00. The number of nitrogens with one attached hydrogen (secondary N) is 1. The maximum absolute atomic E-state index is 11.3. The highest BCUT2D eigenvalue weighted by Crippen LogP contribution is 2.11. The minimum absolute atomic E-state index is 0.242. The molecule has 0 spiro atoms. The van der Waals surface area contributed by atoms with Crippen molar-refractivity contribution in [2.45, 2.75) is 32.4 Å². The number of carbonyl (C=O) groups is 1. The quantitative estimate of drug-likeness (QED) is 0.838. The Hall–Kier alpha value is -1.29. The van der Waals surface area contributed by atoms with Crippen molar-refractivity contribution in [2.75, 3.05) is 13.6 Å². The normalized spacial score (nSPS) is 21.5. The molecule has 4 heteroatoms. The molecule has 0 bridgehead atoms. The molecule has 1 fully saturated rings. The highest BCUT2D eigenvalue weighted by Gasteiger charge is 2.22. The second-order valence-corrected chi connectivity index (χ2v) is 4.40. The van der Waals surface area contributed by atoms with Gasteiger partial charge in [0.15, 0.2) is 0 Å². The van der Waals surface area contributed by atoms with Gasteiger partial charge in [0.05, 0.1) is 6.54 Å². The maximum Gasteiger partial charge on any atom is 0.222 e. The van der Waals surface area contributed by atoms with Crippen LogP contribution in [0.2, 0.25) is 0 Å². The summed E-state index contributed by atoms with van der Waals surface area (Å²) >= 11 is 0. The topological polar surface area (TPSA) is 45.5 Å². The fourth-order valence-electron chi connectivity index (χ4n) is 2.00. The van der Waals surface area contributed by atoms with Crippen LogP contribution in [-0.4, -0.2) is 30.4 Å². The van der Waals surface area contributed by atoms with E-state index in [0.29, 0.717) is 12.5 Å². The summed E-state index contributed by atoms with van der Waals surface area (Å²) in [4.78, 5) is 13.1. The molecule has 1 unspecified atom stereocenters. The van der Waals surface area contributed by atoms with Crippen LogP contribution in [0.5, 0.6) is 0 Å². The Morgan fingerprint density at radius 1 is 1.56 bits per heavy atom. The average molecular weight is 222 g/mol. The van der Waals surface area contributed by atoms with Crippen LogP contribution < -0.4 is 5.32 Å². The number of nitrogens with zero attached hydrogens (tertiary/aromatic N) is 1. The number of likely N-dealkylation sites (N-methyl/N-ethyl adjacent to an activating group) is 1. The minimum Gasteiger partial charge on any atom is -0.465 e. The lowest BCUT2D eigenvalue weighted by atomic mass is 10.1. The number of likely N-dealkylation sites (tertiary alicyclic amines) is 1. The Balaban J connectivity index is 1.80. The smallest absolute Gasteiger partial charge is 0.222 e. The van der Waals surface area contributed by atoms with Gasteiger partial charge in [0, 0.05) is 26.1 Å².